The van der Waals surface area contributed by atoms with Crippen molar-refractivity contribution in [1.29, 1.82) is 0 Å². The average Bonchev–Trinajstić information content (AvgIpc) is 2.81. The number of rotatable bonds is 5. The number of carbonyl (C=O) groups excluding carboxylic acids is 3. The van der Waals surface area contributed by atoms with Gasteiger partial charge in [0.1, 0.15) is 22.8 Å². The molecule has 0 saturated heterocycles. The number of amides is 1. The van der Waals surface area contributed by atoms with Gasteiger partial charge >= 0.3 is 0 Å². The number of phenolic OH excluding ortho intramolecular Hbond substituents is 2. The number of nitrogens with zero attached hydrogens (tertiary/aromatic N) is 1. The Bertz CT molecular complexity index is 1220. The molecular weight excluding hydrogens is 444 g/mol. The van der Waals surface area contributed by atoms with E-state index in [1.165, 1.54) is 37.3 Å². The van der Waals surface area contributed by atoms with E-state index in [1.54, 1.807) is 7.05 Å². The minimum absolute atomic E-state index is 0.0130. The first-order valence-corrected chi connectivity index (χ1v) is 10.7. The Labute approximate surface area is 195 Å². The van der Waals surface area contributed by atoms with Crippen molar-refractivity contribution in [3.05, 3.63) is 51.6 Å². The van der Waals surface area contributed by atoms with Gasteiger partial charge in [-0.3, -0.25) is 14.4 Å². The molecule has 10 heteroatoms. The largest absolute Gasteiger partial charge is 0.507 e. The molecule has 2 aromatic rings. The number of ether oxygens (including phenoxy) is 1. The van der Waals surface area contributed by atoms with Crippen LogP contribution in [-0.4, -0.2) is 82.7 Å². The number of likely N-dealkylation sites (N-methyl/N-ethyl adjacent to an activating group) is 2. The lowest BCUT2D eigenvalue weighted by atomic mass is 9.72. The summed E-state index contributed by atoms with van der Waals surface area (Å²) in [6.07, 6.45) is -2.49. The average molecular weight is 470 g/mol. The Kier molecular flexibility index (Phi) is 5.84. The molecule has 2 aliphatic carbocycles. The normalized spacial score (nSPS) is 20.9. The maximum absolute atomic E-state index is 13.3. The second-order valence-corrected chi connectivity index (χ2v) is 8.64. The number of benzene rings is 2. The smallest absolute Gasteiger partial charge is 0.254 e. The number of carbonyl (C=O) groups is 3. The van der Waals surface area contributed by atoms with Crippen LogP contribution in [0, 0.1) is 0 Å². The third kappa shape index (κ3) is 3.33. The van der Waals surface area contributed by atoms with Crippen molar-refractivity contribution in [2.45, 2.75) is 24.5 Å². The molecule has 0 heterocycles. The number of ketones is 2. The fraction of sp³-hybridized carbons (Fsp3) is 0.375. The Morgan fingerprint density at radius 2 is 1.85 bits per heavy atom. The highest BCUT2D eigenvalue weighted by Gasteiger charge is 2.49. The molecule has 0 spiro atoms. The van der Waals surface area contributed by atoms with Crippen LogP contribution in [0.25, 0.3) is 0 Å². The van der Waals surface area contributed by atoms with Gasteiger partial charge in [0.2, 0.25) is 5.78 Å². The SMILES string of the molecule is CNCCN(C)C(=O)C1(O)Cc2c(O)c3c(c(O)c2C(O)C1)C(=O)c1c(OC)cccc1C3=O. The number of phenols is 2. The minimum atomic E-state index is -2.09. The Morgan fingerprint density at radius 1 is 1.18 bits per heavy atom. The lowest BCUT2D eigenvalue weighted by molar-refractivity contribution is -0.154. The number of aromatic hydroxyl groups is 2. The molecule has 0 aliphatic heterocycles. The van der Waals surface area contributed by atoms with Crippen molar-refractivity contribution >= 4 is 17.5 Å². The molecule has 0 fully saturated rings. The van der Waals surface area contributed by atoms with Gasteiger partial charge in [-0.2, -0.15) is 0 Å². The molecule has 2 aliphatic rings. The predicted molar refractivity (Wildman–Crippen MR) is 119 cm³/mol. The molecule has 180 valence electrons. The van der Waals surface area contributed by atoms with Crippen LogP contribution in [0.15, 0.2) is 18.2 Å². The topological polar surface area (TPSA) is 157 Å². The third-order valence-electron chi connectivity index (χ3n) is 6.54. The van der Waals surface area contributed by atoms with Crippen LogP contribution in [0.3, 0.4) is 0 Å². The van der Waals surface area contributed by atoms with Gasteiger partial charge in [-0.1, -0.05) is 12.1 Å². The molecule has 10 nitrogen and oxygen atoms in total. The van der Waals surface area contributed by atoms with Gasteiger partial charge in [0.15, 0.2) is 5.78 Å². The van der Waals surface area contributed by atoms with Crippen molar-refractivity contribution in [3.63, 3.8) is 0 Å². The summed E-state index contributed by atoms with van der Waals surface area (Å²) in [4.78, 5) is 40.9. The lowest BCUT2D eigenvalue weighted by Crippen LogP contribution is -2.52. The molecule has 2 atom stereocenters. The first-order chi connectivity index (χ1) is 16.1. The zero-order valence-corrected chi connectivity index (χ0v) is 19.0. The molecule has 5 N–H and O–H groups in total. The lowest BCUT2D eigenvalue weighted by Gasteiger charge is -2.39. The van der Waals surface area contributed by atoms with E-state index >= 15 is 0 Å². The number of aliphatic hydroxyl groups is 2. The Hall–Kier alpha value is -3.47. The van der Waals surface area contributed by atoms with Gasteiger partial charge in [0.25, 0.3) is 5.91 Å². The van der Waals surface area contributed by atoms with E-state index in [2.05, 4.69) is 5.32 Å². The van der Waals surface area contributed by atoms with Crippen LogP contribution in [0.2, 0.25) is 0 Å². The van der Waals surface area contributed by atoms with Crippen LogP contribution in [0.1, 0.15) is 55.5 Å². The summed E-state index contributed by atoms with van der Waals surface area (Å²) < 4.78 is 5.21. The fourth-order valence-corrected chi connectivity index (χ4v) is 4.84. The molecule has 2 unspecified atom stereocenters. The van der Waals surface area contributed by atoms with E-state index in [0.29, 0.717) is 6.54 Å². The van der Waals surface area contributed by atoms with E-state index in [-0.39, 0.29) is 34.5 Å². The number of hydrogen-bond donors (Lipinski definition) is 5. The van der Waals surface area contributed by atoms with E-state index < -0.39 is 64.6 Å². The van der Waals surface area contributed by atoms with E-state index in [4.69, 9.17) is 4.74 Å². The van der Waals surface area contributed by atoms with Gasteiger partial charge in [0.05, 0.1) is 29.9 Å². The van der Waals surface area contributed by atoms with Gasteiger partial charge in [-0.25, -0.2) is 0 Å². The van der Waals surface area contributed by atoms with Crippen LogP contribution in [-0.2, 0) is 11.2 Å². The second kappa shape index (κ2) is 8.39. The number of hydrogen-bond acceptors (Lipinski definition) is 9. The van der Waals surface area contributed by atoms with Crippen molar-refractivity contribution < 1.29 is 39.5 Å². The summed E-state index contributed by atoms with van der Waals surface area (Å²) in [7, 11) is 4.54. The molecule has 2 aromatic carbocycles. The van der Waals surface area contributed by atoms with Crippen LogP contribution >= 0.6 is 0 Å². The first kappa shape index (κ1) is 23.7. The number of fused-ring (bicyclic) bond motifs is 3. The molecule has 0 radical (unpaired) electrons. The summed E-state index contributed by atoms with van der Waals surface area (Å²) in [6.45, 7) is 0.754. The summed E-state index contributed by atoms with van der Waals surface area (Å²) in [5.41, 5.74) is -3.38. The van der Waals surface area contributed by atoms with Gasteiger partial charge < -0.3 is 35.4 Å². The van der Waals surface area contributed by atoms with Gasteiger partial charge in [-0.05, 0) is 13.1 Å². The molecule has 34 heavy (non-hydrogen) atoms. The van der Waals surface area contributed by atoms with E-state index in [1.807, 2.05) is 0 Å². The minimum Gasteiger partial charge on any atom is -0.507 e. The van der Waals surface area contributed by atoms with Crippen molar-refractivity contribution in [2.24, 2.45) is 0 Å². The second-order valence-electron chi connectivity index (χ2n) is 8.64. The summed E-state index contributed by atoms with van der Waals surface area (Å²) in [5.74, 6) is -3.33. The van der Waals surface area contributed by atoms with Crippen molar-refractivity contribution in [2.75, 3.05) is 34.3 Å². The molecule has 0 bridgehead atoms. The molecular formula is C24H26N2O8. The van der Waals surface area contributed by atoms with Crippen LogP contribution < -0.4 is 10.1 Å². The maximum atomic E-state index is 13.3. The molecule has 0 aromatic heterocycles. The van der Waals surface area contributed by atoms with Crippen molar-refractivity contribution in [3.8, 4) is 17.2 Å². The summed E-state index contributed by atoms with van der Waals surface area (Å²) in [5, 5.41) is 47.0. The van der Waals surface area contributed by atoms with Crippen molar-refractivity contribution in [1.82, 2.24) is 10.2 Å². The summed E-state index contributed by atoms with van der Waals surface area (Å²) in [6, 6.07) is 4.42. The van der Waals surface area contributed by atoms with E-state index in [0.717, 1.165) is 0 Å². The highest BCUT2D eigenvalue weighted by Crippen LogP contribution is 2.51. The first-order valence-electron chi connectivity index (χ1n) is 10.7. The number of nitrogens with one attached hydrogen (secondary N) is 1. The monoisotopic (exact) mass is 470 g/mol. The van der Waals surface area contributed by atoms with Crippen LogP contribution in [0.5, 0.6) is 17.2 Å². The zero-order valence-electron chi connectivity index (χ0n) is 19.0. The fourth-order valence-electron chi connectivity index (χ4n) is 4.84. The molecule has 4 rings (SSSR count). The Balaban J connectivity index is 1.87. The zero-order chi connectivity index (χ0) is 24.9. The van der Waals surface area contributed by atoms with E-state index in [9.17, 15) is 34.8 Å². The van der Waals surface area contributed by atoms with Gasteiger partial charge in [-0.15, -0.1) is 0 Å². The highest BCUT2D eigenvalue weighted by atomic mass is 16.5. The predicted octanol–water partition coefficient (Wildman–Crippen LogP) is 0.270. The maximum Gasteiger partial charge on any atom is 0.254 e. The summed E-state index contributed by atoms with van der Waals surface area (Å²) >= 11 is 0. The standard InChI is InChI=1S/C24H26N2O8/c1-25-7-8-26(2)23(32)24(33)9-12-15(13(27)10-24)21(30)18-17(20(12)29)19(28)11-5-4-6-14(34-3)16(11)22(18)31/h4-6,13,25,27,29-30,33H,7-10H2,1-3H3. The van der Waals surface area contributed by atoms with Gasteiger partial charge in [0, 0.05) is 49.7 Å². The molecule has 1 amide bonds. The van der Waals surface area contributed by atoms with Crippen LogP contribution in [0.4, 0.5) is 0 Å². The Morgan fingerprint density at radius 3 is 2.50 bits per heavy atom. The highest BCUT2D eigenvalue weighted by molar-refractivity contribution is 6.31. The third-order valence-corrected chi connectivity index (χ3v) is 6.54. The number of methoxy groups -OCH3 is 1. The number of aliphatic hydroxyl groups excluding tert-OH is 1. The molecule has 0 saturated carbocycles. The quantitative estimate of drug-likeness (QED) is 0.330.